The first-order valence-electron chi connectivity index (χ1n) is 7.60. The van der Waals surface area contributed by atoms with Crippen LogP contribution in [-0.4, -0.2) is 18.7 Å². The fourth-order valence-corrected chi connectivity index (χ4v) is 2.04. The predicted molar refractivity (Wildman–Crippen MR) is 90.1 cm³/mol. The van der Waals surface area contributed by atoms with E-state index in [1.54, 1.807) is 0 Å². The molecule has 25 heavy (non-hydrogen) atoms. The minimum Gasteiger partial charge on any atom is -0.460 e. The number of esters is 1. The zero-order chi connectivity index (χ0) is 18.1. The molecule has 0 aliphatic rings. The standard InChI is InChI=1S/C19H18FNO4/c1-2-12-24-18(22)17(15-8-10-16(20)11-9-15)21-19(23)25-13-14-6-4-3-5-7-14/h2-11,17H,1,12-13H2,(H,21,23)/t17-/m1/s1. The van der Waals surface area contributed by atoms with Gasteiger partial charge in [-0.2, -0.15) is 0 Å². The number of amides is 1. The monoisotopic (exact) mass is 343 g/mol. The molecule has 0 saturated heterocycles. The molecule has 0 saturated carbocycles. The van der Waals surface area contributed by atoms with Crippen LogP contribution in [0, 0.1) is 5.82 Å². The molecule has 0 spiro atoms. The van der Waals surface area contributed by atoms with E-state index in [9.17, 15) is 14.0 Å². The number of halogens is 1. The lowest BCUT2D eigenvalue weighted by Crippen LogP contribution is -2.35. The normalized spacial score (nSPS) is 11.2. The van der Waals surface area contributed by atoms with E-state index in [2.05, 4.69) is 11.9 Å². The third kappa shape index (κ3) is 5.76. The highest BCUT2D eigenvalue weighted by molar-refractivity contribution is 5.82. The number of alkyl carbamates (subject to hydrolysis) is 1. The number of carbonyl (C=O) groups excluding carboxylic acids is 2. The first-order chi connectivity index (χ1) is 12.1. The molecule has 0 aromatic heterocycles. The Labute approximate surface area is 145 Å². The molecule has 0 aliphatic carbocycles. The average molecular weight is 343 g/mol. The van der Waals surface area contributed by atoms with E-state index >= 15 is 0 Å². The second kappa shape index (κ2) is 9.22. The van der Waals surface area contributed by atoms with Crippen molar-refractivity contribution >= 4 is 12.1 Å². The van der Waals surface area contributed by atoms with E-state index in [0.29, 0.717) is 5.56 Å². The molecule has 2 rings (SSSR count). The van der Waals surface area contributed by atoms with Gasteiger partial charge >= 0.3 is 12.1 Å². The summed E-state index contributed by atoms with van der Waals surface area (Å²) >= 11 is 0. The van der Waals surface area contributed by atoms with Crippen molar-refractivity contribution in [3.8, 4) is 0 Å². The molecule has 6 heteroatoms. The van der Waals surface area contributed by atoms with E-state index in [-0.39, 0.29) is 13.2 Å². The Hall–Kier alpha value is -3.15. The molecular formula is C19H18FNO4. The van der Waals surface area contributed by atoms with Crippen molar-refractivity contribution < 1.29 is 23.5 Å². The van der Waals surface area contributed by atoms with Gasteiger partial charge in [0.05, 0.1) is 0 Å². The number of benzene rings is 2. The van der Waals surface area contributed by atoms with Crippen molar-refractivity contribution in [2.24, 2.45) is 0 Å². The average Bonchev–Trinajstić information content (AvgIpc) is 2.64. The summed E-state index contributed by atoms with van der Waals surface area (Å²) in [4.78, 5) is 24.2. The molecule has 130 valence electrons. The van der Waals surface area contributed by atoms with Gasteiger partial charge in [-0.15, -0.1) is 0 Å². The molecule has 0 unspecified atom stereocenters. The smallest absolute Gasteiger partial charge is 0.408 e. The van der Waals surface area contributed by atoms with Crippen molar-refractivity contribution in [3.05, 3.63) is 84.2 Å². The van der Waals surface area contributed by atoms with E-state index < -0.39 is 23.9 Å². The largest absolute Gasteiger partial charge is 0.460 e. The molecule has 1 atom stereocenters. The summed E-state index contributed by atoms with van der Waals surface area (Å²) in [6.45, 7) is 3.52. The van der Waals surface area contributed by atoms with Crippen LogP contribution >= 0.6 is 0 Å². The number of nitrogens with one attached hydrogen (secondary N) is 1. The molecular weight excluding hydrogens is 325 g/mol. The zero-order valence-corrected chi connectivity index (χ0v) is 13.5. The van der Waals surface area contributed by atoms with Crippen LogP contribution < -0.4 is 5.32 Å². The second-order valence-corrected chi connectivity index (χ2v) is 5.11. The van der Waals surface area contributed by atoms with Crippen LogP contribution in [-0.2, 0) is 20.9 Å². The zero-order valence-electron chi connectivity index (χ0n) is 13.5. The number of carbonyl (C=O) groups is 2. The minimum absolute atomic E-state index is 0.00271. The molecule has 5 nitrogen and oxygen atoms in total. The Morgan fingerprint density at radius 3 is 2.40 bits per heavy atom. The maximum atomic E-state index is 13.1. The summed E-state index contributed by atoms with van der Waals surface area (Å²) in [7, 11) is 0. The molecule has 0 radical (unpaired) electrons. The number of hydrogen-bond donors (Lipinski definition) is 1. The lowest BCUT2D eigenvalue weighted by molar-refractivity contribution is -0.145. The maximum absolute atomic E-state index is 13.1. The van der Waals surface area contributed by atoms with E-state index in [1.165, 1.54) is 30.3 Å². The molecule has 0 bridgehead atoms. The van der Waals surface area contributed by atoms with Gasteiger partial charge in [0.2, 0.25) is 0 Å². The van der Waals surface area contributed by atoms with Crippen molar-refractivity contribution in [3.63, 3.8) is 0 Å². The van der Waals surface area contributed by atoms with Gasteiger partial charge < -0.3 is 14.8 Å². The third-order valence-electron chi connectivity index (χ3n) is 3.26. The van der Waals surface area contributed by atoms with Crippen LogP contribution in [0.2, 0.25) is 0 Å². The van der Waals surface area contributed by atoms with Crippen LogP contribution in [0.4, 0.5) is 9.18 Å². The Balaban J connectivity index is 2.03. The lowest BCUT2D eigenvalue weighted by Gasteiger charge is -2.17. The number of hydrogen-bond acceptors (Lipinski definition) is 4. The highest BCUT2D eigenvalue weighted by Gasteiger charge is 2.25. The summed E-state index contributed by atoms with van der Waals surface area (Å²) in [5.41, 5.74) is 1.19. The molecule has 1 N–H and O–H groups in total. The summed E-state index contributed by atoms with van der Waals surface area (Å²) in [6.07, 6.45) is 0.626. The van der Waals surface area contributed by atoms with E-state index in [1.807, 2.05) is 30.3 Å². The van der Waals surface area contributed by atoms with Gasteiger partial charge in [-0.1, -0.05) is 55.1 Å². The minimum atomic E-state index is -1.11. The van der Waals surface area contributed by atoms with Gasteiger partial charge in [0.25, 0.3) is 0 Å². The number of ether oxygens (including phenoxy) is 2. The van der Waals surface area contributed by atoms with E-state index in [0.717, 1.165) is 5.56 Å². The van der Waals surface area contributed by atoms with E-state index in [4.69, 9.17) is 9.47 Å². The van der Waals surface area contributed by atoms with Crippen LogP contribution in [0.5, 0.6) is 0 Å². The topological polar surface area (TPSA) is 64.6 Å². The Morgan fingerprint density at radius 2 is 1.76 bits per heavy atom. The Bertz CT molecular complexity index is 716. The highest BCUT2D eigenvalue weighted by Crippen LogP contribution is 2.16. The van der Waals surface area contributed by atoms with Gasteiger partial charge in [-0.3, -0.25) is 0 Å². The Kier molecular flexibility index (Phi) is 6.71. The van der Waals surface area contributed by atoms with Gasteiger partial charge in [-0.05, 0) is 23.3 Å². The first kappa shape index (κ1) is 18.2. The summed E-state index contributed by atoms with van der Waals surface area (Å²) in [5.74, 6) is -1.14. The summed E-state index contributed by atoms with van der Waals surface area (Å²) in [6, 6.07) is 13.2. The predicted octanol–water partition coefficient (Wildman–Crippen LogP) is 3.52. The van der Waals surface area contributed by atoms with Gasteiger partial charge in [0.1, 0.15) is 19.0 Å². The second-order valence-electron chi connectivity index (χ2n) is 5.11. The molecule has 0 heterocycles. The molecule has 0 fully saturated rings. The van der Waals surface area contributed by atoms with Gasteiger partial charge in [0.15, 0.2) is 6.04 Å². The highest BCUT2D eigenvalue weighted by atomic mass is 19.1. The third-order valence-corrected chi connectivity index (χ3v) is 3.26. The van der Waals surface area contributed by atoms with Crippen LogP contribution in [0.1, 0.15) is 17.2 Å². The van der Waals surface area contributed by atoms with Crippen molar-refractivity contribution in [2.45, 2.75) is 12.6 Å². The van der Waals surface area contributed by atoms with Crippen molar-refractivity contribution in [2.75, 3.05) is 6.61 Å². The number of rotatable bonds is 7. The Morgan fingerprint density at radius 1 is 1.08 bits per heavy atom. The van der Waals surface area contributed by atoms with Gasteiger partial charge in [-0.25, -0.2) is 14.0 Å². The summed E-state index contributed by atoms with van der Waals surface area (Å²) < 4.78 is 23.2. The van der Waals surface area contributed by atoms with Crippen LogP contribution in [0.25, 0.3) is 0 Å². The molecule has 0 aliphatic heterocycles. The van der Waals surface area contributed by atoms with Crippen LogP contribution in [0.15, 0.2) is 67.3 Å². The lowest BCUT2D eigenvalue weighted by atomic mass is 10.1. The van der Waals surface area contributed by atoms with Crippen LogP contribution in [0.3, 0.4) is 0 Å². The summed E-state index contributed by atoms with van der Waals surface area (Å²) in [5, 5.41) is 2.44. The van der Waals surface area contributed by atoms with Crippen molar-refractivity contribution in [1.29, 1.82) is 0 Å². The first-order valence-corrected chi connectivity index (χ1v) is 7.60. The fourth-order valence-electron chi connectivity index (χ4n) is 2.04. The molecule has 1 amide bonds. The molecule has 2 aromatic carbocycles. The molecule has 2 aromatic rings. The quantitative estimate of drug-likeness (QED) is 0.617. The van der Waals surface area contributed by atoms with Crippen molar-refractivity contribution in [1.82, 2.24) is 5.32 Å². The SMILES string of the molecule is C=CCOC(=O)[C@H](NC(=O)OCc1ccccc1)c1ccc(F)cc1. The maximum Gasteiger partial charge on any atom is 0.408 e. The fraction of sp³-hybridized carbons (Fsp3) is 0.158. The van der Waals surface area contributed by atoms with Gasteiger partial charge in [0, 0.05) is 0 Å².